The molecule has 72 heavy (non-hydrogen) atoms. The Morgan fingerprint density at radius 3 is 1.68 bits per heavy atom. The molecule has 0 aliphatic heterocycles. The van der Waals surface area contributed by atoms with Crippen LogP contribution in [0.4, 0.5) is 17.1 Å². The van der Waals surface area contributed by atoms with Crippen molar-refractivity contribution in [3.05, 3.63) is 276 Å². The number of hydrogen-bond donors (Lipinski definition) is 0. The highest BCUT2D eigenvalue weighted by molar-refractivity contribution is 6.11. The fraction of sp³-hybridized carbons (Fsp3) is 0.114. The van der Waals surface area contributed by atoms with Gasteiger partial charge in [-0.15, -0.1) is 0 Å². The number of hydrogen-bond acceptors (Lipinski definition) is 1. The highest BCUT2D eigenvalue weighted by atomic mass is 15.1. The lowest BCUT2D eigenvalue weighted by atomic mass is 9.67. The van der Waals surface area contributed by atoms with E-state index in [9.17, 15) is 0 Å². The van der Waals surface area contributed by atoms with Crippen LogP contribution in [0.2, 0.25) is 0 Å². The van der Waals surface area contributed by atoms with Gasteiger partial charge in [-0.3, -0.25) is 0 Å². The Bertz CT molecular complexity index is 4080. The van der Waals surface area contributed by atoms with E-state index in [0.717, 1.165) is 29.2 Å². The second-order valence-electron chi connectivity index (χ2n) is 21.6. The third-order valence-electron chi connectivity index (χ3n) is 16.4. The molecular weight excluding hydrogens is 869 g/mol. The maximum Gasteiger partial charge on any atom is 0.0713 e. The van der Waals surface area contributed by atoms with E-state index >= 15 is 0 Å². The van der Waals surface area contributed by atoms with Crippen molar-refractivity contribution < 1.29 is 0 Å². The molecule has 0 unspecified atom stereocenters. The first-order valence-electron chi connectivity index (χ1n) is 25.5. The summed E-state index contributed by atoms with van der Waals surface area (Å²) in [6.07, 6.45) is 1.11. The van der Waals surface area contributed by atoms with E-state index in [4.69, 9.17) is 0 Å². The third-order valence-corrected chi connectivity index (χ3v) is 16.4. The van der Waals surface area contributed by atoms with Gasteiger partial charge in [0, 0.05) is 33.5 Å². The maximum absolute atomic E-state index is 2.61. The maximum atomic E-state index is 2.61. The number of benzene rings is 11. The molecule has 0 N–H and O–H groups in total. The summed E-state index contributed by atoms with van der Waals surface area (Å²) in [6, 6.07) is 91.0. The molecule has 2 heteroatoms. The SMILES string of the molecule is CC1(C)CC(C)(C)c2cc3c(cc21)-c1cc(N(c2cccc(-c4ccc5c(c4)c4ccccc4n5-c4ccccc4)c2)c2ccc4c(ccc5ccccc54)c2)ccc1C3(c1ccccc1)c1ccccc1. The van der Waals surface area contributed by atoms with Crippen LogP contribution in [0.25, 0.3) is 71.3 Å². The van der Waals surface area contributed by atoms with Crippen molar-refractivity contribution in [1.29, 1.82) is 0 Å². The van der Waals surface area contributed by atoms with E-state index in [1.807, 2.05) is 0 Å². The molecule has 2 aliphatic carbocycles. The van der Waals surface area contributed by atoms with Crippen LogP contribution in [-0.4, -0.2) is 4.57 Å². The first-order valence-corrected chi connectivity index (χ1v) is 25.5. The average Bonchev–Trinajstić information content (AvgIpc) is 3.97. The van der Waals surface area contributed by atoms with Gasteiger partial charge in [-0.25, -0.2) is 0 Å². The van der Waals surface area contributed by atoms with Crippen molar-refractivity contribution in [2.24, 2.45) is 0 Å². The Morgan fingerprint density at radius 1 is 0.347 bits per heavy atom. The zero-order valence-corrected chi connectivity index (χ0v) is 41.2. The Kier molecular flexibility index (Phi) is 9.29. The van der Waals surface area contributed by atoms with Gasteiger partial charge < -0.3 is 9.47 Å². The zero-order valence-electron chi connectivity index (χ0n) is 41.2. The molecule has 14 rings (SSSR count). The van der Waals surface area contributed by atoms with Gasteiger partial charge >= 0.3 is 0 Å². The quantitative estimate of drug-likeness (QED) is 0.145. The summed E-state index contributed by atoms with van der Waals surface area (Å²) in [7, 11) is 0. The van der Waals surface area contributed by atoms with Crippen LogP contribution in [-0.2, 0) is 16.2 Å². The second kappa shape index (κ2) is 15.8. The molecule has 0 saturated carbocycles. The highest BCUT2D eigenvalue weighted by Gasteiger charge is 2.50. The van der Waals surface area contributed by atoms with Crippen molar-refractivity contribution in [3.8, 4) is 27.9 Å². The molecule has 0 atom stereocenters. The van der Waals surface area contributed by atoms with Crippen molar-refractivity contribution in [2.45, 2.75) is 50.4 Å². The van der Waals surface area contributed by atoms with Crippen LogP contribution in [0.5, 0.6) is 0 Å². The average molecular weight is 923 g/mol. The second-order valence-corrected chi connectivity index (χ2v) is 21.6. The van der Waals surface area contributed by atoms with E-state index in [2.05, 4.69) is 280 Å². The monoisotopic (exact) mass is 922 g/mol. The lowest BCUT2D eigenvalue weighted by Crippen LogP contribution is -2.29. The van der Waals surface area contributed by atoms with Crippen molar-refractivity contribution >= 4 is 60.4 Å². The van der Waals surface area contributed by atoms with Crippen LogP contribution < -0.4 is 4.90 Å². The Labute approximate surface area is 422 Å². The van der Waals surface area contributed by atoms with E-state index in [-0.39, 0.29) is 10.8 Å². The molecule has 1 heterocycles. The van der Waals surface area contributed by atoms with Crippen LogP contribution in [0.15, 0.2) is 243 Å². The van der Waals surface area contributed by atoms with Crippen LogP contribution >= 0.6 is 0 Å². The number of para-hydroxylation sites is 2. The minimum absolute atomic E-state index is 0.0393. The summed E-state index contributed by atoms with van der Waals surface area (Å²) in [6.45, 7) is 9.77. The third kappa shape index (κ3) is 6.28. The van der Waals surface area contributed by atoms with Gasteiger partial charge in [0.15, 0.2) is 0 Å². The van der Waals surface area contributed by atoms with Gasteiger partial charge in [0.05, 0.1) is 16.4 Å². The molecule has 0 saturated heterocycles. The molecule has 0 radical (unpaired) electrons. The summed E-state index contributed by atoms with van der Waals surface area (Å²) in [5.74, 6) is 0. The van der Waals surface area contributed by atoms with Gasteiger partial charge in [0.25, 0.3) is 0 Å². The van der Waals surface area contributed by atoms with Crippen LogP contribution in [0.1, 0.15) is 67.5 Å². The Hall–Kier alpha value is -8.46. The van der Waals surface area contributed by atoms with Gasteiger partial charge in [0.2, 0.25) is 0 Å². The normalized spacial score (nSPS) is 14.9. The minimum atomic E-state index is -0.513. The minimum Gasteiger partial charge on any atom is -0.310 e. The van der Waals surface area contributed by atoms with Gasteiger partial charge in [-0.05, 0) is 167 Å². The molecule has 1 aromatic heterocycles. The number of nitrogens with zero attached hydrogens (tertiary/aromatic N) is 2. The van der Waals surface area contributed by atoms with Gasteiger partial charge in [-0.2, -0.15) is 0 Å². The molecule has 344 valence electrons. The molecule has 2 nitrogen and oxygen atoms in total. The molecule has 11 aromatic carbocycles. The highest BCUT2D eigenvalue weighted by Crippen LogP contribution is 2.61. The molecule has 0 spiro atoms. The number of anilines is 3. The lowest BCUT2D eigenvalue weighted by molar-refractivity contribution is 0.403. The summed E-state index contributed by atoms with van der Waals surface area (Å²) in [4.78, 5) is 2.49. The molecule has 0 bridgehead atoms. The van der Waals surface area contributed by atoms with Crippen molar-refractivity contribution in [1.82, 2.24) is 4.57 Å². The first kappa shape index (κ1) is 42.4. The fourth-order valence-electron chi connectivity index (χ4n) is 13.5. The predicted octanol–water partition coefficient (Wildman–Crippen LogP) is 18.5. The molecular formula is C70H54N2. The summed E-state index contributed by atoms with van der Waals surface area (Å²) in [5.41, 5.74) is 19.6. The van der Waals surface area contributed by atoms with Crippen LogP contribution in [0.3, 0.4) is 0 Å². The van der Waals surface area contributed by atoms with Crippen molar-refractivity contribution in [3.63, 3.8) is 0 Å². The Morgan fingerprint density at radius 2 is 0.917 bits per heavy atom. The number of rotatable bonds is 7. The fourth-order valence-corrected chi connectivity index (χ4v) is 13.5. The lowest BCUT2D eigenvalue weighted by Gasteiger charge is -2.35. The molecule has 12 aromatic rings. The molecule has 0 amide bonds. The topological polar surface area (TPSA) is 8.17 Å². The van der Waals surface area contributed by atoms with Gasteiger partial charge in [-0.1, -0.05) is 198 Å². The smallest absolute Gasteiger partial charge is 0.0713 e. The van der Waals surface area contributed by atoms with E-state index in [1.54, 1.807) is 0 Å². The largest absolute Gasteiger partial charge is 0.310 e. The zero-order chi connectivity index (χ0) is 48.3. The summed E-state index contributed by atoms with van der Waals surface area (Å²) >= 11 is 0. The predicted molar refractivity (Wildman–Crippen MR) is 304 cm³/mol. The van der Waals surface area contributed by atoms with E-state index < -0.39 is 5.41 Å². The van der Waals surface area contributed by atoms with Crippen molar-refractivity contribution in [2.75, 3.05) is 4.90 Å². The first-order chi connectivity index (χ1) is 35.2. The summed E-state index contributed by atoms with van der Waals surface area (Å²) < 4.78 is 2.39. The van der Waals surface area contributed by atoms with Crippen LogP contribution in [0, 0.1) is 0 Å². The van der Waals surface area contributed by atoms with Gasteiger partial charge in [0.1, 0.15) is 0 Å². The van der Waals surface area contributed by atoms with E-state index in [1.165, 1.54) is 99.0 Å². The summed E-state index contributed by atoms with van der Waals surface area (Å²) in [5, 5.41) is 7.48. The molecule has 2 aliphatic rings. The standard InChI is InChI=1S/C70H54N2/c1-68(2)45-69(3,4)65-44-63-60(43-64(65)68)59-42-55(35-37-62(59)70(63,50-21-8-5-9-22-50)51-23-10-6-11-24-51)71(54-34-36-57-49(40-54)32-31-46-19-14-15-28-56(46)57)53-27-18-20-47(39-53)48-33-38-67-61(41-48)58-29-16-17-30-66(58)72(67)52-25-12-7-13-26-52/h5-44H,45H2,1-4H3. The van der Waals surface area contributed by atoms with E-state index in [0.29, 0.717) is 0 Å². The number of aromatic nitrogens is 1. The Balaban J connectivity index is 1.000. The molecule has 0 fully saturated rings. The number of fused-ring (bicyclic) bond motifs is 10.